The summed E-state index contributed by atoms with van der Waals surface area (Å²) in [5, 5.41) is 2.76. The minimum absolute atomic E-state index is 0.121. The fourth-order valence-electron chi connectivity index (χ4n) is 2.54. The van der Waals surface area contributed by atoms with Crippen LogP contribution in [0.5, 0.6) is 0 Å². The molecule has 4 rings (SSSR count). The molecule has 0 spiro atoms. The van der Waals surface area contributed by atoms with Gasteiger partial charge in [0.05, 0.1) is 0 Å². The number of carbonyl (C=O) groups excluding carboxylic acids is 1. The van der Waals surface area contributed by atoms with E-state index in [1.165, 1.54) is 0 Å². The smallest absolute Gasteiger partial charge is 0.228 e. The van der Waals surface area contributed by atoms with Gasteiger partial charge in [-0.15, -0.1) is 0 Å². The SMILES string of the molecule is O=C(c1cc2ccccc2o1)c1cccc2ccncc12. The number of pyridine rings is 1. The summed E-state index contributed by atoms with van der Waals surface area (Å²) in [5.74, 6) is 0.234. The van der Waals surface area contributed by atoms with E-state index in [1.54, 1.807) is 24.5 Å². The van der Waals surface area contributed by atoms with Crippen LogP contribution in [0.1, 0.15) is 16.1 Å². The van der Waals surface area contributed by atoms with E-state index in [2.05, 4.69) is 4.98 Å². The van der Waals surface area contributed by atoms with E-state index in [-0.39, 0.29) is 5.78 Å². The van der Waals surface area contributed by atoms with Crippen molar-refractivity contribution < 1.29 is 9.21 Å². The van der Waals surface area contributed by atoms with Gasteiger partial charge in [0.15, 0.2) is 5.76 Å². The van der Waals surface area contributed by atoms with Gasteiger partial charge in [-0.3, -0.25) is 9.78 Å². The lowest BCUT2D eigenvalue weighted by Gasteiger charge is -2.03. The second kappa shape index (κ2) is 4.56. The molecule has 0 N–H and O–H groups in total. The average molecular weight is 273 g/mol. The van der Waals surface area contributed by atoms with E-state index in [0.29, 0.717) is 11.3 Å². The van der Waals surface area contributed by atoms with Gasteiger partial charge in [-0.2, -0.15) is 0 Å². The van der Waals surface area contributed by atoms with Crippen LogP contribution in [0.3, 0.4) is 0 Å². The third-order valence-electron chi connectivity index (χ3n) is 3.58. The predicted molar refractivity (Wildman–Crippen MR) is 81.4 cm³/mol. The summed E-state index contributed by atoms with van der Waals surface area (Å²) in [4.78, 5) is 16.8. The first-order valence-corrected chi connectivity index (χ1v) is 6.69. The van der Waals surface area contributed by atoms with E-state index >= 15 is 0 Å². The van der Waals surface area contributed by atoms with E-state index in [1.807, 2.05) is 42.5 Å². The summed E-state index contributed by atoms with van der Waals surface area (Å²) < 4.78 is 5.66. The van der Waals surface area contributed by atoms with Crippen LogP contribution in [-0.4, -0.2) is 10.8 Å². The van der Waals surface area contributed by atoms with Crippen LogP contribution in [0.4, 0.5) is 0 Å². The fraction of sp³-hybridized carbons (Fsp3) is 0. The van der Waals surface area contributed by atoms with Crippen LogP contribution in [0.15, 0.2) is 71.4 Å². The number of para-hydroxylation sites is 1. The van der Waals surface area contributed by atoms with Crippen molar-refractivity contribution in [1.29, 1.82) is 0 Å². The number of fused-ring (bicyclic) bond motifs is 2. The average Bonchev–Trinajstić information content (AvgIpc) is 2.97. The highest BCUT2D eigenvalue weighted by atomic mass is 16.3. The van der Waals surface area contributed by atoms with Gasteiger partial charge in [0.2, 0.25) is 5.78 Å². The zero-order valence-electron chi connectivity index (χ0n) is 11.1. The summed E-state index contributed by atoms with van der Waals surface area (Å²) in [6.07, 6.45) is 3.43. The van der Waals surface area contributed by atoms with Gasteiger partial charge in [-0.1, -0.05) is 36.4 Å². The van der Waals surface area contributed by atoms with Crippen molar-refractivity contribution in [1.82, 2.24) is 4.98 Å². The maximum Gasteiger partial charge on any atom is 0.228 e. The van der Waals surface area contributed by atoms with Gasteiger partial charge in [-0.05, 0) is 23.6 Å². The molecule has 0 aliphatic carbocycles. The molecule has 0 radical (unpaired) electrons. The lowest BCUT2D eigenvalue weighted by Crippen LogP contribution is -2.00. The molecular weight excluding hydrogens is 262 g/mol. The van der Waals surface area contributed by atoms with Crippen molar-refractivity contribution in [2.24, 2.45) is 0 Å². The Morgan fingerprint density at radius 3 is 2.71 bits per heavy atom. The topological polar surface area (TPSA) is 43.1 Å². The van der Waals surface area contributed by atoms with Crippen molar-refractivity contribution in [2.45, 2.75) is 0 Å². The van der Waals surface area contributed by atoms with Gasteiger partial charge in [0.1, 0.15) is 5.58 Å². The Kier molecular flexibility index (Phi) is 2.57. The normalized spacial score (nSPS) is 11.0. The Bertz CT molecular complexity index is 931. The first kappa shape index (κ1) is 11.9. The highest BCUT2D eigenvalue weighted by Gasteiger charge is 2.16. The third-order valence-corrected chi connectivity index (χ3v) is 3.58. The van der Waals surface area contributed by atoms with E-state index in [4.69, 9.17) is 4.42 Å². The van der Waals surface area contributed by atoms with Crippen LogP contribution in [0, 0.1) is 0 Å². The molecule has 0 atom stereocenters. The highest BCUT2D eigenvalue weighted by molar-refractivity contribution is 6.16. The van der Waals surface area contributed by atoms with Crippen molar-refractivity contribution in [3.05, 3.63) is 78.3 Å². The molecule has 4 aromatic rings. The molecule has 0 saturated carbocycles. The predicted octanol–water partition coefficient (Wildman–Crippen LogP) is 4.21. The second-order valence-electron chi connectivity index (χ2n) is 4.88. The molecule has 0 bridgehead atoms. The number of aromatic nitrogens is 1. The summed E-state index contributed by atoms with van der Waals surface area (Å²) in [5.41, 5.74) is 1.33. The first-order chi connectivity index (χ1) is 10.3. The Morgan fingerprint density at radius 2 is 1.81 bits per heavy atom. The zero-order chi connectivity index (χ0) is 14.2. The molecule has 0 aliphatic rings. The number of furan rings is 1. The molecule has 3 nitrogen and oxygen atoms in total. The summed E-state index contributed by atoms with van der Waals surface area (Å²) in [7, 11) is 0. The molecule has 100 valence electrons. The van der Waals surface area contributed by atoms with Crippen LogP contribution in [-0.2, 0) is 0 Å². The molecule has 2 aromatic heterocycles. The van der Waals surface area contributed by atoms with Gasteiger partial charge in [0, 0.05) is 28.7 Å². The maximum absolute atomic E-state index is 12.7. The van der Waals surface area contributed by atoms with Gasteiger partial charge >= 0.3 is 0 Å². The second-order valence-corrected chi connectivity index (χ2v) is 4.88. The minimum Gasteiger partial charge on any atom is -0.453 e. The molecule has 2 heterocycles. The number of hydrogen-bond acceptors (Lipinski definition) is 3. The molecule has 0 unspecified atom stereocenters. The molecule has 2 aromatic carbocycles. The first-order valence-electron chi connectivity index (χ1n) is 6.69. The van der Waals surface area contributed by atoms with E-state index < -0.39 is 0 Å². The maximum atomic E-state index is 12.7. The molecule has 3 heteroatoms. The van der Waals surface area contributed by atoms with Gasteiger partial charge < -0.3 is 4.42 Å². The van der Waals surface area contributed by atoms with Crippen LogP contribution in [0.25, 0.3) is 21.7 Å². The highest BCUT2D eigenvalue weighted by Crippen LogP contribution is 2.24. The van der Waals surface area contributed by atoms with E-state index in [0.717, 1.165) is 21.7 Å². The van der Waals surface area contributed by atoms with Crippen molar-refractivity contribution in [3.63, 3.8) is 0 Å². The van der Waals surface area contributed by atoms with Crippen LogP contribution in [0.2, 0.25) is 0 Å². The zero-order valence-corrected chi connectivity index (χ0v) is 11.1. The Balaban J connectivity index is 1.90. The number of carbonyl (C=O) groups is 1. The molecule has 0 aliphatic heterocycles. The van der Waals surface area contributed by atoms with Crippen LogP contribution < -0.4 is 0 Å². The molecule has 0 fully saturated rings. The number of hydrogen-bond donors (Lipinski definition) is 0. The number of rotatable bonds is 2. The quantitative estimate of drug-likeness (QED) is 0.514. The minimum atomic E-state index is -0.121. The van der Waals surface area contributed by atoms with Crippen molar-refractivity contribution >= 4 is 27.5 Å². The summed E-state index contributed by atoms with van der Waals surface area (Å²) in [6, 6.07) is 16.9. The standard InChI is InChI=1S/C18H11NO2/c20-18(17-10-13-4-1-2-7-16(13)21-17)14-6-3-5-12-8-9-19-11-15(12)14/h1-11H. The van der Waals surface area contributed by atoms with Gasteiger partial charge in [0.25, 0.3) is 0 Å². The summed E-state index contributed by atoms with van der Waals surface area (Å²) >= 11 is 0. The molecule has 21 heavy (non-hydrogen) atoms. The number of benzene rings is 2. The molecule has 0 amide bonds. The Labute approximate surface area is 120 Å². The molecular formula is C18H11NO2. The lowest BCUT2D eigenvalue weighted by molar-refractivity contribution is 0.101. The third kappa shape index (κ3) is 1.91. The lowest BCUT2D eigenvalue weighted by atomic mass is 10.0. The van der Waals surface area contributed by atoms with Crippen molar-refractivity contribution in [3.8, 4) is 0 Å². The van der Waals surface area contributed by atoms with Gasteiger partial charge in [-0.25, -0.2) is 0 Å². The van der Waals surface area contributed by atoms with Crippen LogP contribution >= 0.6 is 0 Å². The summed E-state index contributed by atoms with van der Waals surface area (Å²) in [6.45, 7) is 0. The Morgan fingerprint density at radius 1 is 0.952 bits per heavy atom. The fourth-order valence-corrected chi connectivity index (χ4v) is 2.54. The number of nitrogens with zero attached hydrogens (tertiary/aromatic N) is 1. The van der Waals surface area contributed by atoms with Crippen molar-refractivity contribution in [2.75, 3.05) is 0 Å². The number of ketones is 1. The largest absolute Gasteiger partial charge is 0.453 e. The monoisotopic (exact) mass is 273 g/mol. The molecule has 0 saturated heterocycles. The Hall–Kier alpha value is -2.94. The van der Waals surface area contributed by atoms with E-state index in [9.17, 15) is 4.79 Å².